The van der Waals surface area contributed by atoms with E-state index in [-0.39, 0.29) is 0 Å². The van der Waals surface area contributed by atoms with Crippen molar-refractivity contribution in [3.05, 3.63) is 29.8 Å². The molecule has 82 valence electrons. The van der Waals surface area contributed by atoms with Crippen molar-refractivity contribution in [1.29, 1.82) is 0 Å². The van der Waals surface area contributed by atoms with E-state index in [0.717, 1.165) is 23.5 Å². The highest BCUT2D eigenvalue weighted by molar-refractivity contribution is 5.88. The Bertz CT molecular complexity index is 566. The van der Waals surface area contributed by atoms with Gasteiger partial charge in [-0.3, -0.25) is 0 Å². The molecule has 6 heteroatoms. The summed E-state index contributed by atoms with van der Waals surface area (Å²) in [6.45, 7) is 0. The molecule has 0 unspecified atom stereocenters. The molecule has 0 atom stereocenters. The van der Waals surface area contributed by atoms with Gasteiger partial charge in [0.15, 0.2) is 5.82 Å². The van der Waals surface area contributed by atoms with E-state index in [1.165, 1.54) is 12.1 Å². The van der Waals surface area contributed by atoms with Crippen LogP contribution in [0.25, 0.3) is 16.9 Å². The van der Waals surface area contributed by atoms with E-state index < -0.39 is 11.7 Å². The summed E-state index contributed by atoms with van der Waals surface area (Å²) in [6, 6.07) is 4.95. The van der Waals surface area contributed by atoms with Crippen molar-refractivity contribution >= 4 is 5.82 Å². The van der Waals surface area contributed by atoms with E-state index in [1.54, 1.807) is 4.68 Å². The van der Waals surface area contributed by atoms with Crippen LogP contribution in [-0.4, -0.2) is 9.78 Å². The van der Waals surface area contributed by atoms with E-state index in [9.17, 15) is 13.2 Å². The van der Waals surface area contributed by atoms with Gasteiger partial charge >= 0.3 is 6.18 Å². The minimum absolute atomic E-state index is 0.440. The monoisotopic (exact) mass is 225 g/mol. The first-order valence-corrected chi connectivity index (χ1v) is 4.55. The molecule has 16 heavy (non-hydrogen) atoms. The largest absolute Gasteiger partial charge is 0.416 e. The Morgan fingerprint density at radius 3 is 2.12 bits per heavy atom. The molecule has 0 bridgehead atoms. The minimum Gasteiger partial charge on any atom is -0.380 e. The number of anilines is 1. The van der Waals surface area contributed by atoms with E-state index in [4.69, 9.17) is 5.73 Å². The van der Waals surface area contributed by atoms with Crippen LogP contribution in [0.3, 0.4) is 0 Å². The number of benzene rings is 1. The van der Waals surface area contributed by atoms with Gasteiger partial charge < -0.3 is 5.73 Å². The summed E-state index contributed by atoms with van der Waals surface area (Å²) in [5, 5.41) is 3.86. The zero-order valence-corrected chi connectivity index (χ0v) is 7.92. The van der Waals surface area contributed by atoms with Crippen LogP contribution < -0.4 is 5.73 Å². The van der Waals surface area contributed by atoms with Gasteiger partial charge in [0.2, 0.25) is 0 Å². The number of hydrogen-bond donors (Lipinski definition) is 1. The highest BCUT2D eigenvalue weighted by atomic mass is 19.4. The summed E-state index contributed by atoms with van der Waals surface area (Å²) in [7, 11) is 0. The van der Waals surface area contributed by atoms with Gasteiger partial charge in [0, 0.05) is 5.56 Å². The maximum Gasteiger partial charge on any atom is 0.416 e. The summed E-state index contributed by atoms with van der Waals surface area (Å²) in [5.41, 5.74) is 7.12. The number of nitrogens with zero attached hydrogens (tertiary/aromatic N) is 2. The van der Waals surface area contributed by atoms with Crippen LogP contribution in [-0.2, 0) is 6.18 Å². The fourth-order valence-electron chi connectivity index (χ4n) is 1.67. The third-order valence-corrected chi connectivity index (χ3v) is 2.53. The average molecular weight is 225 g/mol. The number of aromatic nitrogens is 2. The Kier molecular flexibility index (Phi) is 1.49. The minimum atomic E-state index is -4.30. The second kappa shape index (κ2) is 2.58. The predicted octanol–water partition coefficient (Wildman–Crippen LogP) is 2.45. The lowest BCUT2D eigenvalue weighted by molar-refractivity contribution is -0.137. The zero-order valence-electron chi connectivity index (χ0n) is 7.92. The second-order valence-electron chi connectivity index (χ2n) is 3.57. The van der Waals surface area contributed by atoms with Gasteiger partial charge in [-0.15, -0.1) is 5.10 Å². The fourth-order valence-corrected chi connectivity index (χ4v) is 1.67. The van der Waals surface area contributed by atoms with E-state index in [0.29, 0.717) is 11.4 Å². The molecule has 2 aliphatic rings. The van der Waals surface area contributed by atoms with Gasteiger partial charge in [-0.05, 0) is 12.1 Å². The van der Waals surface area contributed by atoms with Crippen molar-refractivity contribution in [3.63, 3.8) is 0 Å². The molecule has 0 aromatic heterocycles. The molecule has 0 radical (unpaired) electrons. The summed E-state index contributed by atoms with van der Waals surface area (Å²) < 4.78 is 38.5. The van der Waals surface area contributed by atoms with Crippen molar-refractivity contribution in [2.45, 2.75) is 6.18 Å². The number of hydrogen-bond acceptors (Lipinski definition) is 2. The van der Waals surface area contributed by atoms with E-state index in [1.807, 2.05) is 0 Å². The van der Waals surface area contributed by atoms with Crippen molar-refractivity contribution in [3.8, 4) is 16.9 Å². The highest BCUT2D eigenvalue weighted by Crippen LogP contribution is 2.45. The van der Waals surface area contributed by atoms with Crippen LogP contribution in [0, 0.1) is 0 Å². The lowest BCUT2D eigenvalue weighted by atomic mass is 10.1. The summed E-state index contributed by atoms with van der Waals surface area (Å²) in [4.78, 5) is 0. The Balaban J connectivity index is 1.95. The van der Waals surface area contributed by atoms with Crippen LogP contribution in [0.2, 0.25) is 0 Å². The smallest absolute Gasteiger partial charge is 0.380 e. The summed E-state index contributed by atoms with van der Waals surface area (Å²) in [6.07, 6.45) is -4.30. The Morgan fingerprint density at radius 2 is 1.75 bits per heavy atom. The number of halogens is 3. The van der Waals surface area contributed by atoms with E-state index in [2.05, 4.69) is 5.10 Å². The third kappa shape index (κ3) is 1.13. The predicted molar refractivity (Wildman–Crippen MR) is 52.0 cm³/mol. The third-order valence-electron chi connectivity index (χ3n) is 2.53. The SMILES string of the molecule is Nc1nn2c(-c3ccc(C(F)(F)F)cc3)c1-2. The molecule has 0 saturated heterocycles. The van der Waals surface area contributed by atoms with Crippen LogP contribution in [0.15, 0.2) is 24.3 Å². The number of nitrogens with two attached hydrogens (primary N) is 1. The molecule has 1 aromatic rings. The zero-order chi connectivity index (χ0) is 11.5. The first kappa shape index (κ1) is 9.26. The normalized spacial score (nSPS) is 12.9. The molecule has 0 fully saturated rings. The standard InChI is InChI=1S/C10H6F3N3/c11-10(12,13)6-3-1-5(2-4-6)7-8-9(14)15-16(7)8/h1-4H,(H2,14,15). The molecule has 0 spiro atoms. The molecule has 0 amide bonds. The Hall–Kier alpha value is -1.98. The van der Waals surface area contributed by atoms with Gasteiger partial charge in [0.05, 0.1) is 5.56 Å². The molecule has 2 N–H and O–H groups in total. The first-order chi connectivity index (χ1) is 7.48. The van der Waals surface area contributed by atoms with Crippen LogP contribution in [0.5, 0.6) is 0 Å². The van der Waals surface area contributed by atoms with Gasteiger partial charge in [-0.25, -0.2) is 4.68 Å². The highest BCUT2D eigenvalue weighted by Gasteiger charge is 2.35. The average Bonchev–Trinajstić information content (AvgIpc) is 2.83. The van der Waals surface area contributed by atoms with Crippen molar-refractivity contribution in [2.75, 3.05) is 5.73 Å². The molecule has 3 nitrogen and oxygen atoms in total. The maximum atomic E-state index is 12.3. The van der Waals surface area contributed by atoms with Crippen molar-refractivity contribution < 1.29 is 13.2 Å². The molecule has 1 aromatic carbocycles. The quantitative estimate of drug-likeness (QED) is 0.691. The summed E-state index contributed by atoms with van der Waals surface area (Å²) >= 11 is 0. The lowest BCUT2D eigenvalue weighted by Gasteiger charge is -2.05. The van der Waals surface area contributed by atoms with E-state index >= 15 is 0 Å². The molecule has 0 saturated carbocycles. The maximum absolute atomic E-state index is 12.3. The Morgan fingerprint density at radius 1 is 1.12 bits per heavy atom. The summed E-state index contributed by atoms with van der Waals surface area (Å²) in [5.74, 6) is 0.440. The number of alkyl halides is 3. The first-order valence-electron chi connectivity index (χ1n) is 4.55. The second-order valence-corrected chi connectivity index (χ2v) is 3.57. The molecular formula is C10H6F3N3. The lowest BCUT2D eigenvalue weighted by Crippen LogP contribution is -2.03. The van der Waals surface area contributed by atoms with Gasteiger partial charge in [-0.2, -0.15) is 13.2 Å². The van der Waals surface area contributed by atoms with Crippen molar-refractivity contribution in [2.24, 2.45) is 0 Å². The molecule has 2 heterocycles. The number of nitrogen functional groups attached to an aromatic ring is 1. The topological polar surface area (TPSA) is 43.8 Å². The van der Waals surface area contributed by atoms with Crippen LogP contribution in [0.4, 0.5) is 19.0 Å². The van der Waals surface area contributed by atoms with Gasteiger partial charge in [0.25, 0.3) is 0 Å². The molecular weight excluding hydrogens is 219 g/mol. The number of rotatable bonds is 1. The van der Waals surface area contributed by atoms with Gasteiger partial charge in [0.1, 0.15) is 11.4 Å². The number of fused-ring (bicyclic) bond motifs is 1. The van der Waals surface area contributed by atoms with Crippen LogP contribution in [0.1, 0.15) is 5.56 Å². The molecule has 2 aliphatic heterocycles. The van der Waals surface area contributed by atoms with Crippen molar-refractivity contribution in [1.82, 2.24) is 9.78 Å². The van der Waals surface area contributed by atoms with Gasteiger partial charge in [-0.1, -0.05) is 12.1 Å². The Labute approximate surface area is 88.3 Å². The molecule has 3 rings (SSSR count). The molecule has 0 aliphatic carbocycles. The fraction of sp³-hybridized carbons (Fsp3) is 0.100. The van der Waals surface area contributed by atoms with Crippen LogP contribution >= 0.6 is 0 Å².